The molecule has 0 bridgehead atoms. The van der Waals surface area contributed by atoms with Crippen LogP contribution in [0, 0.1) is 0 Å². The van der Waals surface area contributed by atoms with E-state index in [-0.39, 0.29) is 54.0 Å². The molecule has 0 fully saturated rings. The van der Waals surface area contributed by atoms with Gasteiger partial charge in [0.2, 0.25) is 5.91 Å². The smallest absolute Gasteiger partial charge is 0.337 e. The minimum Gasteiger partial charge on any atom is -0.493 e. The van der Waals surface area contributed by atoms with Crippen LogP contribution in [0.2, 0.25) is 0 Å². The predicted octanol–water partition coefficient (Wildman–Crippen LogP) is 2.42. The topological polar surface area (TPSA) is 122 Å². The number of rotatable bonds is 8. The molecule has 0 spiro atoms. The zero-order valence-corrected chi connectivity index (χ0v) is 16.4. The number of hydrogen-bond acceptors (Lipinski definition) is 6. The van der Waals surface area contributed by atoms with Crippen LogP contribution in [0.5, 0.6) is 11.5 Å². The van der Waals surface area contributed by atoms with Crippen molar-refractivity contribution in [1.29, 1.82) is 0 Å². The fourth-order valence-electron chi connectivity index (χ4n) is 3.21. The maximum absolute atomic E-state index is 12.3. The summed E-state index contributed by atoms with van der Waals surface area (Å²) >= 11 is 0. The van der Waals surface area contributed by atoms with E-state index in [1.807, 2.05) is 0 Å². The average Bonchev–Trinajstić information content (AvgIpc) is 2.98. The number of fused-ring (bicyclic) bond motifs is 1. The van der Waals surface area contributed by atoms with Crippen LogP contribution in [0.1, 0.15) is 43.9 Å². The number of ether oxygens (including phenoxy) is 2. The molecule has 0 aromatic heterocycles. The van der Waals surface area contributed by atoms with Gasteiger partial charge in [-0.05, 0) is 18.6 Å². The second-order valence-electron chi connectivity index (χ2n) is 6.52. The van der Waals surface area contributed by atoms with Crippen molar-refractivity contribution in [3.8, 4) is 11.5 Å². The molecule has 0 saturated carbocycles. The normalized spacial score (nSPS) is 12.5. The summed E-state index contributed by atoms with van der Waals surface area (Å²) in [7, 11) is 2.77. The zero-order valence-electron chi connectivity index (χ0n) is 16.4. The fraction of sp³-hybridized carbons (Fsp3) is 0.238. The molecule has 9 heteroatoms. The zero-order chi connectivity index (χ0) is 21.8. The number of nitrogens with one attached hydrogen (secondary N) is 1. The third-order valence-electron chi connectivity index (χ3n) is 4.69. The van der Waals surface area contributed by atoms with Crippen LogP contribution < -0.4 is 14.8 Å². The summed E-state index contributed by atoms with van der Waals surface area (Å²) in [5, 5.41) is 11.9. The highest BCUT2D eigenvalue weighted by atomic mass is 16.5. The van der Waals surface area contributed by atoms with E-state index in [1.165, 1.54) is 26.4 Å². The number of hydrogen-bond donors (Lipinski definition) is 2. The Kier molecular flexibility index (Phi) is 6.01. The maximum atomic E-state index is 12.3. The second kappa shape index (κ2) is 8.64. The maximum Gasteiger partial charge on any atom is 0.337 e. The van der Waals surface area contributed by atoms with E-state index in [0.29, 0.717) is 11.1 Å². The van der Waals surface area contributed by atoms with E-state index in [0.717, 1.165) is 4.90 Å². The van der Waals surface area contributed by atoms with Crippen molar-refractivity contribution in [3.05, 3.63) is 53.1 Å². The molecule has 3 rings (SSSR count). The van der Waals surface area contributed by atoms with Crippen LogP contribution in [0.3, 0.4) is 0 Å². The molecule has 9 nitrogen and oxygen atoms in total. The first-order valence-electron chi connectivity index (χ1n) is 9.11. The van der Waals surface area contributed by atoms with Gasteiger partial charge < -0.3 is 19.9 Å². The molecule has 0 aliphatic carbocycles. The van der Waals surface area contributed by atoms with Crippen LogP contribution >= 0.6 is 0 Å². The summed E-state index contributed by atoms with van der Waals surface area (Å²) in [5.74, 6) is -1.98. The van der Waals surface area contributed by atoms with Crippen LogP contribution in [0.15, 0.2) is 36.4 Å². The molecule has 2 N–H and O–H groups in total. The number of carboxylic acid groups (broad SMARTS) is 1. The molecule has 0 radical (unpaired) electrons. The van der Waals surface area contributed by atoms with Crippen molar-refractivity contribution in [3.63, 3.8) is 0 Å². The number of carbonyl (C=O) groups is 4. The third-order valence-corrected chi connectivity index (χ3v) is 4.69. The lowest BCUT2D eigenvalue weighted by atomic mass is 10.1. The number of amides is 3. The third kappa shape index (κ3) is 3.95. The number of carbonyl (C=O) groups excluding carboxylic acids is 3. The Morgan fingerprint density at radius 1 is 1.00 bits per heavy atom. The molecule has 1 aliphatic heterocycles. The summed E-state index contributed by atoms with van der Waals surface area (Å²) in [6, 6.07) is 9.17. The van der Waals surface area contributed by atoms with Crippen LogP contribution in [-0.2, 0) is 4.79 Å². The molecule has 30 heavy (non-hydrogen) atoms. The van der Waals surface area contributed by atoms with E-state index >= 15 is 0 Å². The Labute approximate surface area is 172 Å². The summed E-state index contributed by atoms with van der Waals surface area (Å²) in [6.07, 6.45) is 0.216. The van der Waals surface area contributed by atoms with Gasteiger partial charge in [0.1, 0.15) is 0 Å². The quantitative estimate of drug-likeness (QED) is 0.639. The van der Waals surface area contributed by atoms with Crippen LogP contribution in [-0.4, -0.2) is 54.5 Å². The highest BCUT2D eigenvalue weighted by Crippen LogP contribution is 2.33. The summed E-state index contributed by atoms with van der Waals surface area (Å²) in [4.78, 5) is 49.6. The monoisotopic (exact) mass is 412 g/mol. The molecule has 3 amide bonds. The molecule has 156 valence electrons. The van der Waals surface area contributed by atoms with Gasteiger partial charge in [0.25, 0.3) is 11.8 Å². The van der Waals surface area contributed by atoms with Crippen LogP contribution in [0.25, 0.3) is 0 Å². The first-order chi connectivity index (χ1) is 14.4. The number of nitrogens with zero attached hydrogens (tertiary/aromatic N) is 1. The van der Waals surface area contributed by atoms with E-state index in [4.69, 9.17) is 9.47 Å². The SMILES string of the molecule is COc1cc(NC(=O)CCCN2C(=O)c3ccccc3C2=O)c(C(=O)O)cc1OC. The fourth-order valence-corrected chi connectivity index (χ4v) is 3.21. The summed E-state index contributed by atoms with van der Waals surface area (Å²) in [5.41, 5.74) is 0.610. The van der Waals surface area contributed by atoms with Gasteiger partial charge in [0.15, 0.2) is 11.5 Å². The highest BCUT2D eigenvalue weighted by molar-refractivity contribution is 6.21. The molecule has 1 aliphatic rings. The van der Waals surface area contributed by atoms with Crippen molar-refractivity contribution in [2.45, 2.75) is 12.8 Å². The molecular weight excluding hydrogens is 392 g/mol. The number of anilines is 1. The van der Waals surface area contributed by atoms with Gasteiger partial charge in [-0.25, -0.2) is 4.79 Å². The average molecular weight is 412 g/mol. The Hall–Kier alpha value is -3.88. The largest absolute Gasteiger partial charge is 0.493 e. The Balaban J connectivity index is 1.64. The lowest BCUT2D eigenvalue weighted by Crippen LogP contribution is -2.31. The summed E-state index contributed by atoms with van der Waals surface area (Å²) < 4.78 is 10.2. The lowest BCUT2D eigenvalue weighted by molar-refractivity contribution is -0.116. The van der Waals surface area contributed by atoms with Crippen LogP contribution in [0.4, 0.5) is 5.69 Å². The number of methoxy groups -OCH3 is 2. The van der Waals surface area contributed by atoms with Gasteiger partial charge in [-0.15, -0.1) is 0 Å². The predicted molar refractivity (Wildman–Crippen MR) is 106 cm³/mol. The second-order valence-corrected chi connectivity index (χ2v) is 6.52. The van der Waals surface area contributed by atoms with Gasteiger partial charge in [0, 0.05) is 25.1 Å². The van der Waals surface area contributed by atoms with Crippen molar-refractivity contribution in [2.75, 3.05) is 26.1 Å². The first kappa shape index (κ1) is 20.8. The first-order valence-corrected chi connectivity index (χ1v) is 9.11. The Morgan fingerprint density at radius 2 is 1.57 bits per heavy atom. The van der Waals surface area contributed by atoms with Crippen molar-refractivity contribution in [2.24, 2.45) is 0 Å². The molecule has 2 aromatic rings. The molecule has 2 aromatic carbocycles. The number of imide groups is 1. The molecule has 0 unspecified atom stereocenters. The van der Waals surface area contributed by atoms with E-state index in [2.05, 4.69) is 5.32 Å². The number of benzene rings is 2. The number of carboxylic acids is 1. The van der Waals surface area contributed by atoms with Gasteiger partial charge >= 0.3 is 5.97 Å². The minimum atomic E-state index is -1.24. The molecule has 1 heterocycles. The Morgan fingerprint density at radius 3 is 2.10 bits per heavy atom. The van der Waals surface area contributed by atoms with Gasteiger partial charge in [-0.1, -0.05) is 12.1 Å². The van der Waals surface area contributed by atoms with Gasteiger partial charge in [-0.2, -0.15) is 0 Å². The van der Waals surface area contributed by atoms with E-state index in [1.54, 1.807) is 24.3 Å². The number of aromatic carboxylic acids is 1. The van der Waals surface area contributed by atoms with Gasteiger partial charge in [0.05, 0.1) is 36.6 Å². The highest BCUT2D eigenvalue weighted by Gasteiger charge is 2.34. The van der Waals surface area contributed by atoms with E-state index < -0.39 is 11.9 Å². The van der Waals surface area contributed by atoms with Crippen molar-refractivity contribution < 1.29 is 33.8 Å². The lowest BCUT2D eigenvalue weighted by Gasteiger charge is -2.15. The molecule has 0 saturated heterocycles. The molecular formula is C21H20N2O7. The Bertz CT molecular complexity index is 997. The van der Waals surface area contributed by atoms with Crippen molar-refractivity contribution >= 4 is 29.4 Å². The molecule has 0 atom stereocenters. The van der Waals surface area contributed by atoms with Gasteiger partial charge in [-0.3, -0.25) is 19.3 Å². The van der Waals surface area contributed by atoms with Crippen molar-refractivity contribution in [1.82, 2.24) is 4.90 Å². The van der Waals surface area contributed by atoms with E-state index in [9.17, 15) is 24.3 Å². The summed E-state index contributed by atoms with van der Waals surface area (Å²) in [6.45, 7) is 0.0808. The minimum absolute atomic E-state index is 0.0131. The standard InChI is InChI=1S/C21H20N2O7/c1-29-16-10-14(21(27)28)15(11-17(16)30-2)22-18(24)8-5-9-23-19(25)12-6-3-4-7-13(12)20(23)26/h3-4,6-7,10-11H,5,8-9H2,1-2H3,(H,22,24)(H,27,28).